The molecule has 0 heterocycles. The number of rotatable bonds is 2. The second-order valence-electron chi connectivity index (χ2n) is 4.27. The van der Waals surface area contributed by atoms with Crippen LogP contribution in [0.5, 0.6) is 0 Å². The lowest BCUT2D eigenvalue weighted by Gasteiger charge is -2.15. The van der Waals surface area contributed by atoms with E-state index in [1.807, 2.05) is 6.07 Å². The first kappa shape index (κ1) is 11.6. The van der Waals surface area contributed by atoms with Crippen LogP contribution in [0, 0.1) is 0 Å². The van der Waals surface area contributed by atoms with Gasteiger partial charge in [-0.3, -0.25) is 0 Å². The molecule has 3 N–H and O–H groups in total. The van der Waals surface area contributed by atoms with E-state index >= 15 is 0 Å². The lowest BCUT2D eigenvalue weighted by molar-refractivity contribution is 0.150. The van der Waals surface area contributed by atoms with Crippen molar-refractivity contribution in [1.82, 2.24) is 0 Å². The molecule has 4 nitrogen and oxygen atoms in total. The van der Waals surface area contributed by atoms with E-state index in [2.05, 4.69) is 0 Å². The minimum atomic E-state index is -3.20. The fourth-order valence-electron chi connectivity index (χ4n) is 2.20. The zero-order chi connectivity index (χ0) is 11.9. The molecular weight excluding hydrogens is 226 g/mol. The largest absolute Gasteiger partial charge is 0.378 e. The van der Waals surface area contributed by atoms with Crippen LogP contribution in [0.2, 0.25) is 0 Å². The lowest BCUT2D eigenvalue weighted by atomic mass is 10.0. The van der Waals surface area contributed by atoms with Gasteiger partial charge in [0.1, 0.15) is 6.23 Å². The number of benzene rings is 1. The van der Waals surface area contributed by atoms with Crippen LogP contribution in [-0.4, -0.2) is 26.0 Å². The number of aryl methyl sites for hydroxylation is 1. The van der Waals surface area contributed by atoms with Crippen molar-refractivity contribution in [2.24, 2.45) is 5.73 Å². The maximum absolute atomic E-state index is 11.4. The van der Waals surface area contributed by atoms with Crippen LogP contribution in [0.1, 0.15) is 23.5 Å². The van der Waals surface area contributed by atoms with E-state index in [1.54, 1.807) is 12.1 Å². The fourth-order valence-corrected chi connectivity index (χ4v) is 2.85. The van der Waals surface area contributed by atoms with E-state index in [0.29, 0.717) is 4.90 Å². The molecule has 1 aliphatic rings. The molecule has 1 aliphatic carbocycles. The quantitative estimate of drug-likeness (QED) is 0.734. The number of nitrogens with two attached hydrogens (primary N) is 1. The summed E-state index contributed by atoms with van der Waals surface area (Å²) in [5, 5.41) is 9.42. The minimum absolute atomic E-state index is 0.142. The van der Waals surface area contributed by atoms with E-state index in [-0.39, 0.29) is 5.92 Å². The monoisotopic (exact) mass is 241 g/mol. The first-order valence-corrected chi connectivity index (χ1v) is 7.05. The molecule has 2 atom stereocenters. The van der Waals surface area contributed by atoms with E-state index in [0.717, 1.165) is 24.0 Å². The molecule has 2 unspecified atom stereocenters. The van der Waals surface area contributed by atoms with Gasteiger partial charge in [0, 0.05) is 12.2 Å². The number of hydrogen-bond acceptors (Lipinski definition) is 4. The van der Waals surface area contributed by atoms with Crippen molar-refractivity contribution in [1.29, 1.82) is 0 Å². The molecular formula is C11H15NO3S. The first-order valence-electron chi connectivity index (χ1n) is 5.16. The number of fused-ring (bicyclic) bond motifs is 1. The molecule has 5 heteroatoms. The van der Waals surface area contributed by atoms with Crippen LogP contribution in [0.25, 0.3) is 0 Å². The van der Waals surface area contributed by atoms with Crippen molar-refractivity contribution in [2.75, 3.05) is 6.26 Å². The summed E-state index contributed by atoms with van der Waals surface area (Å²) in [6.45, 7) is 0. The van der Waals surface area contributed by atoms with Crippen LogP contribution in [0.4, 0.5) is 0 Å². The maximum atomic E-state index is 11.4. The van der Waals surface area contributed by atoms with Crippen molar-refractivity contribution >= 4 is 9.84 Å². The zero-order valence-electron chi connectivity index (χ0n) is 9.05. The number of aliphatic hydroxyl groups is 1. The van der Waals surface area contributed by atoms with Gasteiger partial charge in [-0.25, -0.2) is 8.42 Å². The predicted octanol–water partition coefficient (Wildman–Crippen LogP) is 0.397. The Balaban J connectivity index is 2.50. The van der Waals surface area contributed by atoms with Crippen LogP contribution >= 0.6 is 0 Å². The Labute approximate surface area is 95.0 Å². The van der Waals surface area contributed by atoms with Crippen molar-refractivity contribution in [3.8, 4) is 0 Å². The van der Waals surface area contributed by atoms with Gasteiger partial charge >= 0.3 is 0 Å². The van der Waals surface area contributed by atoms with Crippen molar-refractivity contribution in [3.63, 3.8) is 0 Å². The Morgan fingerprint density at radius 2 is 2.19 bits per heavy atom. The van der Waals surface area contributed by atoms with Crippen molar-refractivity contribution in [2.45, 2.75) is 29.9 Å². The molecule has 0 aliphatic heterocycles. The summed E-state index contributed by atoms with van der Waals surface area (Å²) >= 11 is 0. The first-order chi connectivity index (χ1) is 7.39. The Hall–Kier alpha value is -0.910. The van der Waals surface area contributed by atoms with Crippen molar-refractivity contribution < 1.29 is 13.5 Å². The highest BCUT2D eigenvalue weighted by Gasteiger charge is 2.27. The number of aliphatic hydroxyl groups excluding tert-OH is 1. The van der Waals surface area contributed by atoms with Crippen LogP contribution in [0.3, 0.4) is 0 Å². The summed E-state index contributed by atoms with van der Waals surface area (Å²) in [6.07, 6.45) is 1.88. The molecule has 0 fully saturated rings. The second kappa shape index (κ2) is 3.84. The average molecular weight is 241 g/mol. The predicted molar refractivity (Wildman–Crippen MR) is 60.8 cm³/mol. The molecule has 0 saturated carbocycles. The van der Waals surface area contributed by atoms with Gasteiger partial charge in [0.15, 0.2) is 9.84 Å². The normalized spacial score (nSPS) is 21.8. The van der Waals surface area contributed by atoms with Crippen LogP contribution in [0.15, 0.2) is 23.1 Å². The van der Waals surface area contributed by atoms with Gasteiger partial charge in [0.25, 0.3) is 0 Å². The van der Waals surface area contributed by atoms with E-state index in [9.17, 15) is 13.5 Å². The SMILES string of the molecule is CS(=O)(=O)c1ccc2c(c1)C(C(N)O)CC2. The minimum Gasteiger partial charge on any atom is -0.378 e. The molecule has 1 aromatic carbocycles. The summed E-state index contributed by atoms with van der Waals surface area (Å²) in [5.74, 6) is -0.142. The summed E-state index contributed by atoms with van der Waals surface area (Å²) in [5.41, 5.74) is 7.44. The topological polar surface area (TPSA) is 80.4 Å². The van der Waals surface area contributed by atoms with Gasteiger partial charge in [0.2, 0.25) is 0 Å². The Morgan fingerprint density at radius 1 is 1.50 bits per heavy atom. The smallest absolute Gasteiger partial charge is 0.175 e. The third-order valence-electron chi connectivity index (χ3n) is 3.08. The Bertz CT molecular complexity index is 508. The summed E-state index contributed by atoms with van der Waals surface area (Å²) in [4.78, 5) is 0.291. The second-order valence-corrected chi connectivity index (χ2v) is 6.28. The van der Waals surface area contributed by atoms with Gasteiger partial charge in [-0.1, -0.05) is 6.07 Å². The molecule has 1 aromatic rings. The van der Waals surface area contributed by atoms with E-state index in [1.165, 1.54) is 6.26 Å². The van der Waals surface area contributed by atoms with Gasteiger partial charge in [-0.15, -0.1) is 0 Å². The van der Waals surface area contributed by atoms with Crippen molar-refractivity contribution in [3.05, 3.63) is 29.3 Å². The maximum Gasteiger partial charge on any atom is 0.175 e. The third-order valence-corrected chi connectivity index (χ3v) is 4.19. The third kappa shape index (κ3) is 1.98. The van der Waals surface area contributed by atoms with E-state index in [4.69, 9.17) is 5.73 Å². The molecule has 88 valence electrons. The highest BCUT2D eigenvalue weighted by Crippen LogP contribution is 2.35. The molecule has 0 aromatic heterocycles. The Kier molecular flexibility index (Phi) is 2.77. The molecule has 0 spiro atoms. The van der Waals surface area contributed by atoms with Crippen LogP contribution in [-0.2, 0) is 16.3 Å². The van der Waals surface area contributed by atoms with Crippen LogP contribution < -0.4 is 5.73 Å². The van der Waals surface area contributed by atoms with Gasteiger partial charge < -0.3 is 10.8 Å². The van der Waals surface area contributed by atoms with Gasteiger partial charge in [0.05, 0.1) is 4.90 Å². The highest BCUT2D eigenvalue weighted by molar-refractivity contribution is 7.90. The zero-order valence-corrected chi connectivity index (χ0v) is 9.87. The molecule has 2 rings (SSSR count). The highest BCUT2D eigenvalue weighted by atomic mass is 32.2. The average Bonchev–Trinajstić information content (AvgIpc) is 2.58. The molecule has 16 heavy (non-hydrogen) atoms. The van der Waals surface area contributed by atoms with E-state index < -0.39 is 16.1 Å². The number of sulfone groups is 1. The summed E-state index contributed by atoms with van der Waals surface area (Å²) in [7, 11) is -3.20. The summed E-state index contributed by atoms with van der Waals surface area (Å²) in [6, 6.07) is 5.06. The van der Waals surface area contributed by atoms with Gasteiger partial charge in [-0.2, -0.15) is 0 Å². The van der Waals surface area contributed by atoms with Gasteiger partial charge in [-0.05, 0) is 36.1 Å². The molecule has 0 bridgehead atoms. The number of hydrogen-bond donors (Lipinski definition) is 2. The Morgan fingerprint density at radius 3 is 2.75 bits per heavy atom. The molecule has 0 radical (unpaired) electrons. The standard InChI is InChI=1S/C11H15NO3S/c1-16(14,15)8-4-2-7-3-5-9(11(12)13)10(7)6-8/h2,4,6,9,11,13H,3,5,12H2,1H3. The summed E-state index contributed by atoms with van der Waals surface area (Å²) < 4.78 is 22.8. The lowest BCUT2D eigenvalue weighted by Crippen LogP contribution is -2.26. The molecule has 0 amide bonds. The fraction of sp³-hybridized carbons (Fsp3) is 0.455. The molecule has 0 saturated heterocycles.